The number of halogens is 1. The number of benzene rings is 2. The highest BCUT2D eigenvalue weighted by Crippen LogP contribution is 2.37. The van der Waals surface area contributed by atoms with Gasteiger partial charge in [0, 0.05) is 0 Å². The number of hydrogen-bond donors (Lipinski definition) is 0. The van der Waals surface area contributed by atoms with Crippen LogP contribution in [-0.2, 0) is 12.8 Å². The third-order valence-corrected chi connectivity index (χ3v) is 5.97. The van der Waals surface area contributed by atoms with Gasteiger partial charge in [0.1, 0.15) is 11.5 Å². The number of isothiocyanates is 1. The van der Waals surface area contributed by atoms with Crippen LogP contribution in [0.1, 0.15) is 68.1 Å². The Labute approximate surface area is 167 Å². The predicted octanol–water partition coefficient (Wildman–Crippen LogP) is 7.42. The summed E-state index contributed by atoms with van der Waals surface area (Å²) in [5, 5.41) is 2.21. The second-order valence-corrected chi connectivity index (χ2v) is 7.92. The van der Waals surface area contributed by atoms with Gasteiger partial charge in [-0.3, -0.25) is 0 Å². The molecule has 142 valence electrons. The molecule has 3 rings (SSSR count). The lowest BCUT2D eigenvalue weighted by molar-refractivity contribution is 0.308. The Morgan fingerprint density at radius 2 is 1.67 bits per heavy atom. The molecule has 2 aromatic rings. The third kappa shape index (κ3) is 5.57. The van der Waals surface area contributed by atoms with Crippen molar-refractivity contribution in [2.45, 2.75) is 64.2 Å². The summed E-state index contributed by atoms with van der Waals surface area (Å²) in [7, 11) is 0. The van der Waals surface area contributed by atoms with Crippen molar-refractivity contribution in [2.24, 2.45) is 10.9 Å². The molecule has 3 heteroatoms. The maximum absolute atomic E-state index is 13.9. The molecule has 0 saturated heterocycles. The lowest BCUT2D eigenvalue weighted by atomic mass is 9.77. The molecule has 1 aliphatic carbocycles. The molecule has 2 aromatic carbocycles. The lowest BCUT2D eigenvalue weighted by Crippen LogP contribution is -2.13. The fourth-order valence-corrected chi connectivity index (χ4v) is 4.38. The maximum Gasteiger partial charge on any atom is 0.149 e. The van der Waals surface area contributed by atoms with Crippen molar-refractivity contribution in [2.75, 3.05) is 0 Å². The van der Waals surface area contributed by atoms with Crippen molar-refractivity contribution in [1.82, 2.24) is 0 Å². The van der Waals surface area contributed by atoms with Crippen molar-refractivity contribution in [3.8, 4) is 0 Å². The smallest absolute Gasteiger partial charge is 0.149 e. The van der Waals surface area contributed by atoms with E-state index in [9.17, 15) is 4.39 Å². The minimum atomic E-state index is -0.334. The van der Waals surface area contributed by atoms with E-state index in [0.717, 1.165) is 30.2 Å². The summed E-state index contributed by atoms with van der Waals surface area (Å²) in [6.45, 7) is 2.29. The Morgan fingerprint density at radius 3 is 2.30 bits per heavy atom. The van der Waals surface area contributed by atoms with Gasteiger partial charge in [0.25, 0.3) is 0 Å². The molecule has 0 radical (unpaired) electrons. The number of nitrogens with zero attached hydrogens (tertiary/aromatic N) is 1. The van der Waals surface area contributed by atoms with Crippen LogP contribution in [0, 0.1) is 11.7 Å². The Hall–Kier alpha value is -1.83. The summed E-state index contributed by atoms with van der Waals surface area (Å²) in [5.41, 5.74) is 4.03. The van der Waals surface area contributed by atoms with Gasteiger partial charge in [-0.25, -0.2) is 4.39 Å². The van der Waals surface area contributed by atoms with E-state index in [1.54, 1.807) is 12.1 Å². The van der Waals surface area contributed by atoms with Crippen molar-refractivity contribution in [3.63, 3.8) is 0 Å². The largest absolute Gasteiger partial charge is 0.205 e. The van der Waals surface area contributed by atoms with Crippen LogP contribution in [0.2, 0.25) is 0 Å². The summed E-state index contributed by atoms with van der Waals surface area (Å²) in [6, 6.07) is 14.2. The van der Waals surface area contributed by atoms with Gasteiger partial charge in [0.2, 0.25) is 0 Å². The minimum absolute atomic E-state index is 0.256. The number of aryl methyl sites for hydroxylation is 2. The number of aliphatic imine (C=N–C) groups is 1. The zero-order valence-corrected chi connectivity index (χ0v) is 16.9. The molecule has 0 bridgehead atoms. The van der Waals surface area contributed by atoms with E-state index in [0.29, 0.717) is 0 Å². The first-order chi connectivity index (χ1) is 13.2. The SMILES string of the molecule is CCCC1CCC(c2ccc(CCc3ccc(N=C=S)c(F)c3)cc2)CC1. The van der Waals surface area contributed by atoms with Crippen molar-refractivity contribution < 1.29 is 4.39 Å². The number of hydrogen-bond acceptors (Lipinski definition) is 2. The second-order valence-electron chi connectivity index (χ2n) is 7.74. The molecule has 0 unspecified atom stereocenters. The first-order valence-electron chi connectivity index (χ1n) is 10.1. The molecule has 0 aromatic heterocycles. The van der Waals surface area contributed by atoms with Crippen LogP contribution in [-0.4, -0.2) is 5.16 Å². The Bertz CT molecular complexity index is 785. The molecule has 0 aliphatic heterocycles. The van der Waals surface area contributed by atoms with Gasteiger partial charge in [-0.2, -0.15) is 4.99 Å². The van der Waals surface area contributed by atoms with E-state index in [4.69, 9.17) is 0 Å². The van der Waals surface area contributed by atoms with Gasteiger partial charge < -0.3 is 0 Å². The minimum Gasteiger partial charge on any atom is -0.205 e. The fourth-order valence-electron chi connectivity index (χ4n) is 4.28. The second kappa shape index (κ2) is 9.92. The molecule has 0 amide bonds. The number of thiocarbonyl (C=S) groups is 1. The van der Waals surface area contributed by atoms with Gasteiger partial charge in [-0.05, 0) is 91.4 Å². The fraction of sp³-hybridized carbons (Fsp3) is 0.458. The summed E-state index contributed by atoms with van der Waals surface area (Å²) >= 11 is 4.53. The standard InChI is InChI=1S/C24H28FNS/c1-2-3-18-6-11-21(12-7-18)22-13-8-19(9-14-22)4-5-20-10-15-24(26-17-27)23(25)16-20/h8-10,13-16,18,21H,2-7,11-12H2,1H3. The van der Waals surface area contributed by atoms with Crippen LogP contribution < -0.4 is 0 Å². The van der Waals surface area contributed by atoms with Gasteiger partial charge in [0.05, 0.1) is 5.16 Å². The van der Waals surface area contributed by atoms with E-state index >= 15 is 0 Å². The summed E-state index contributed by atoms with van der Waals surface area (Å²) in [6.07, 6.45) is 9.88. The molecule has 1 fully saturated rings. The van der Waals surface area contributed by atoms with Gasteiger partial charge in [-0.1, -0.05) is 50.1 Å². The molecule has 0 spiro atoms. The Balaban J connectivity index is 1.54. The Morgan fingerprint density at radius 1 is 1.00 bits per heavy atom. The molecule has 0 atom stereocenters. The van der Waals surface area contributed by atoms with Crippen LogP contribution in [0.3, 0.4) is 0 Å². The van der Waals surface area contributed by atoms with E-state index in [1.165, 1.54) is 49.7 Å². The van der Waals surface area contributed by atoms with Gasteiger partial charge in [-0.15, -0.1) is 0 Å². The average Bonchev–Trinajstić information content (AvgIpc) is 2.70. The van der Waals surface area contributed by atoms with Crippen LogP contribution in [0.25, 0.3) is 0 Å². The monoisotopic (exact) mass is 381 g/mol. The predicted molar refractivity (Wildman–Crippen MR) is 115 cm³/mol. The third-order valence-electron chi connectivity index (χ3n) is 5.88. The Kier molecular flexibility index (Phi) is 7.32. The highest BCUT2D eigenvalue weighted by Gasteiger charge is 2.21. The average molecular weight is 382 g/mol. The molecule has 0 heterocycles. The quantitative estimate of drug-likeness (QED) is 0.359. The van der Waals surface area contributed by atoms with E-state index in [1.807, 2.05) is 6.07 Å². The summed E-state index contributed by atoms with van der Waals surface area (Å²) < 4.78 is 13.9. The van der Waals surface area contributed by atoms with Crippen molar-refractivity contribution in [1.29, 1.82) is 0 Å². The van der Waals surface area contributed by atoms with Gasteiger partial charge >= 0.3 is 0 Å². The normalized spacial score (nSPS) is 19.5. The maximum atomic E-state index is 13.9. The molecule has 1 nitrogen and oxygen atoms in total. The highest BCUT2D eigenvalue weighted by molar-refractivity contribution is 7.78. The van der Waals surface area contributed by atoms with Crippen LogP contribution in [0.15, 0.2) is 47.5 Å². The molecule has 1 aliphatic rings. The van der Waals surface area contributed by atoms with E-state index in [-0.39, 0.29) is 11.5 Å². The summed E-state index contributed by atoms with van der Waals surface area (Å²) in [5.74, 6) is 1.35. The molecular weight excluding hydrogens is 353 g/mol. The zero-order chi connectivity index (χ0) is 19.1. The van der Waals surface area contributed by atoms with Crippen molar-refractivity contribution in [3.05, 3.63) is 65.0 Å². The summed E-state index contributed by atoms with van der Waals surface area (Å²) in [4.78, 5) is 3.72. The molecule has 27 heavy (non-hydrogen) atoms. The van der Waals surface area contributed by atoms with Crippen LogP contribution in [0.4, 0.5) is 10.1 Å². The first-order valence-corrected chi connectivity index (χ1v) is 10.6. The van der Waals surface area contributed by atoms with Crippen LogP contribution >= 0.6 is 12.2 Å². The first kappa shape index (κ1) is 19.9. The van der Waals surface area contributed by atoms with Crippen molar-refractivity contribution >= 4 is 23.1 Å². The molecular formula is C24H28FNS. The van der Waals surface area contributed by atoms with E-state index in [2.05, 4.69) is 53.6 Å². The topological polar surface area (TPSA) is 12.4 Å². The molecule has 1 saturated carbocycles. The molecule has 0 N–H and O–H groups in total. The lowest BCUT2D eigenvalue weighted by Gasteiger charge is -2.28. The zero-order valence-electron chi connectivity index (χ0n) is 16.1. The van der Waals surface area contributed by atoms with Crippen LogP contribution in [0.5, 0.6) is 0 Å². The van der Waals surface area contributed by atoms with E-state index < -0.39 is 0 Å². The van der Waals surface area contributed by atoms with Gasteiger partial charge in [0.15, 0.2) is 0 Å². The number of rotatable bonds is 7. The highest BCUT2D eigenvalue weighted by atomic mass is 32.1.